The van der Waals surface area contributed by atoms with E-state index in [1.165, 1.54) is 6.20 Å². The lowest BCUT2D eigenvalue weighted by Gasteiger charge is -2.21. The van der Waals surface area contributed by atoms with Crippen LogP contribution >= 0.6 is 0 Å². The first-order chi connectivity index (χ1) is 10.1. The molecular formula is C14H15N3O4. The molecule has 0 unspecified atom stereocenters. The van der Waals surface area contributed by atoms with E-state index in [-0.39, 0.29) is 18.3 Å². The molecule has 3 rings (SSSR count). The number of carboxylic acid groups (broad SMARTS) is 1. The number of carboxylic acids is 1. The number of nitrogens with zero attached hydrogens (tertiary/aromatic N) is 3. The van der Waals surface area contributed by atoms with Gasteiger partial charge in [-0.1, -0.05) is 0 Å². The summed E-state index contributed by atoms with van der Waals surface area (Å²) in [7, 11) is 0. The molecule has 1 atom stereocenters. The maximum Gasteiger partial charge on any atom is 0.343 e. The van der Waals surface area contributed by atoms with Crippen LogP contribution < -0.4 is 4.74 Å². The number of pyridine rings is 1. The summed E-state index contributed by atoms with van der Waals surface area (Å²) in [5.74, 6) is -0.783. The van der Waals surface area contributed by atoms with Crippen LogP contribution in [0.25, 0.3) is 11.3 Å². The zero-order valence-electron chi connectivity index (χ0n) is 11.5. The summed E-state index contributed by atoms with van der Waals surface area (Å²) in [5.41, 5.74) is 1.50. The summed E-state index contributed by atoms with van der Waals surface area (Å²) >= 11 is 0. The van der Waals surface area contributed by atoms with Crippen LogP contribution in [-0.4, -0.2) is 37.1 Å². The fourth-order valence-electron chi connectivity index (χ4n) is 2.32. The van der Waals surface area contributed by atoms with Gasteiger partial charge in [-0.3, -0.25) is 4.98 Å². The van der Waals surface area contributed by atoms with Gasteiger partial charge in [-0.15, -0.1) is 0 Å². The average molecular weight is 289 g/mol. The molecule has 0 fully saturated rings. The lowest BCUT2D eigenvalue weighted by molar-refractivity contribution is 0.0684. The van der Waals surface area contributed by atoms with E-state index in [1.54, 1.807) is 16.8 Å². The van der Waals surface area contributed by atoms with Gasteiger partial charge in [0.1, 0.15) is 11.3 Å². The molecule has 0 aromatic carbocycles. The third kappa shape index (κ3) is 2.36. The van der Waals surface area contributed by atoms with E-state index in [4.69, 9.17) is 9.84 Å². The van der Waals surface area contributed by atoms with Crippen molar-refractivity contribution in [3.8, 4) is 17.1 Å². The Balaban J connectivity index is 2.11. The molecule has 7 heteroatoms. The predicted molar refractivity (Wildman–Crippen MR) is 73.0 cm³/mol. The van der Waals surface area contributed by atoms with Crippen molar-refractivity contribution in [2.75, 3.05) is 0 Å². The van der Waals surface area contributed by atoms with Crippen LogP contribution in [0, 0.1) is 0 Å². The minimum atomic E-state index is -1.08. The second-order valence-corrected chi connectivity index (χ2v) is 4.97. The average Bonchev–Trinajstić information content (AvgIpc) is 2.86. The topological polar surface area (TPSA) is 97.5 Å². The van der Waals surface area contributed by atoms with Gasteiger partial charge in [0.05, 0.1) is 18.4 Å². The van der Waals surface area contributed by atoms with Gasteiger partial charge >= 0.3 is 5.97 Å². The molecule has 1 aliphatic rings. The molecule has 1 aliphatic heterocycles. The maximum atomic E-state index is 11.6. The van der Waals surface area contributed by atoms with Crippen LogP contribution in [0.15, 0.2) is 18.3 Å². The SMILES string of the molecule is C[C@@H]1CCn2nc(-c3ccc(CO)nc3)c(C(=O)O)c2O1. The molecule has 2 aromatic rings. The number of hydrogen-bond acceptors (Lipinski definition) is 5. The first kappa shape index (κ1) is 13.6. The maximum absolute atomic E-state index is 11.6. The van der Waals surface area contributed by atoms with Crippen LogP contribution in [0.3, 0.4) is 0 Å². The Hall–Kier alpha value is -2.41. The third-order valence-electron chi connectivity index (χ3n) is 3.44. The molecular weight excluding hydrogens is 274 g/mol. The number of aliphatic hydroxyl groups excluding tert-OH is 1. The minimum Gasteiger partial charge on any atom is -0.477 e. The highest BCUT2D eigenvalue weighted by Crippen LogP contribution is 2.33. The van der Waals surface area contributed by atoms with Crippen molar-refractivity contribution in [3.63, 3.8) is 0 Å². The van der Waals surface area contributed by atoms with E-state index in [0.29, 0.717) is 29.4 Å². The Labute approximate surface area is 120 Å². The highest BCUT2D eigenvalue weighted by atomic mass is 16.5. The van der Waals surface area contributed by atoms with Crippen molar-refractivity contribution in [2.45, 2.75) is 32.6 Å². The second kappa shape index (κ2) is 5.17. The zero-order valence-corrected chi connectivity index (χ0v) is 11.5. The Morgan fingerprint density at radius 3 is 2.95 bits per heavy atom. The minimum absolute atomic E-state index is 0.0324. The molecule has 21 heavy (non-hydrogen) atoms. The van der Waals surface area contributed by atoms with Gasteiger partial charge in [0.2, 0.25) is 5.88 Å². The summed E-state index contributed by atoms with van der Waals surface area (Å²) in [5, 5.41) is 22.8. The summed E-state index contributed by atoms with van der Waals surface area (Å²) in [6, 6.07) is 3.34. The van der Waals surface area contributed by atoms with Crippen LogP contribution in [0.4, 0.5) is 0 Å². The van der Waals surface area contributed by atoms with Gasteiger partial charge in [-0.25, -0.2) is 9.48 Å². The number of aromatic carboxylic acids is 1. The van der Waals surface area contributed by atoms with E-state index in [1.807, 2.05) is 6.92 Å². The van der Waals surface area contributed by atoms with Crippen LogP contribution in [0.2, 0.25) is 0 Å². The molecule has 0 radical (unpaired) electrons. The van der Waals surface area contributed by atoms with E-state index in [2.05, 4.69) is 10.1 Å². The lowest BCUT2D eigenvalue weighted by Crippen LogP contribution is -2.24. The number of aryl methyl sites for hydroxylation is 1. The molecule has 0 spiro atoms. The highest BCUT2D eigenvalue weighted by Gasteiger charge is 2.29. The quantitative estimate of drug-likeness (QED) is 0.884. The monoisotopic (exact) mass is 289 g/mol. The Morgan fingerprint density at radius 1 is 1.52 bits per heavy atom. The largest absolute Gasteiger partial charge is 0.477 e. The zero-order chi connectivity index (χ0) is 15.0. The van der Waals surface area contributed by atoms with Crippen LogP contribution in [0.1, 0.15) is 29.4 Å². The molecule has 0 saturated carbocycles. The smallest absolute Gasteiger partial charge is 0.343 e. The second-order valence-electron chi connectivity index (χ2n) is 4.97. The first-order valence-electron chi connectivity index (χ1n) is 6.67. The van der Waals surface area contributed by atoms with Gasteiger partial charge < -0.3 is 14.9 Å². The van der Waals surface area contributed by atoms with Gasteiger partial charge in [0, 0.05) is 24.7 Å². The van der Waals surface area contributed by atoms with E-state index >= 15 is 0 Å². The number of aromatic nitrogens is 3. The fourth-order valence-corrected chi connectivity index (χ4v) is 2.32. The van der Waals surface area contributed by atoms with Gasteiger partial charge in [0.25, 0.3) is 0 Å². The van der Waals surface area contributed by atoms with E-state index in [0.717, 1.165) is 6.42 Å². The first-order valence-corrected chi connectivity index (χ1v) is 6.67. The van der Waals surface area contributed by atoms with E-state index < -0.39 is 5.97 Å². The number of carbonyl (C=O) groups is 1. The fraction of sp³-hybridized carbons (Fsp3) is 0.357. The Kier molecular flexibility index (Phi) is 3.34. The van der Waals surface area contributed by atoms with Gasteiger partial charge in [-0.2, -0.15) is 5.10 Å². The predicted octanol–water partition coefficient (Wildman–Crippen LogP) is 1.31. The number of ether oxygens (including phenoxy) is 1. The standard InChI is InChI=1S/C14H15N3O4/c1-8-4-5-17-13(21-8)11(14(19)20)12(16-17)9-2-3-10(7-18)15-6-9/h2-3,6,8,18H,4-5,7H2,1H3,(H,19,20)/t8-/m1/s1. The lowest BCUT2D eigenvalue weighted by atomic mass is 10.1. The number of hydrogen-bond donors (Lipinski definition) is 2. The van der Waals surface area contributed by atoms with Crippen molar-refractivity contribution >= 4 is 5.97 Å². The molecule has 2 aromatic heterocycles. The van der Waals surface area contributed by atoms with Crippen molar-refractivity contribution in [1.29, 1.82) is 0 Å². The number of aliphatic hydroxyl groups is 1. The summed E-state index contributed by atoms with van der Waals surface area (Å²) in [6.07, 6.45) is 2.26. The van der Waals surface area contributed by atoms with Crippen LogP contribution in [0.5, 0.6) is 5.88 Å². The van der Waals surface area contributed by atoms with Crippen molar-refractivity contribution in [1.82, 2.24) is 14.8 Å². The molecule has 2 N–H and O–H groups in total. The van der Waals surface area contributed by atoms with Gasteiger partial charge in [0.15, 0.2) is 0 Å². The summed E-state index contributed by atoms with van der Waals surface area (Å²) in [4.78, 5) is 15.6. The molecule has 0 saturated heterocycles. The van der Waals surface area contributed by atoms with Crippen molar-refractivity contribution in [2.24, 2.45) is 0 Å². The summed E-state index contributed by atoms with van der Waals surface area (Å²) < 4.78 is 7.21. The normalized spacial score (nSPS) is 17.1. The molecule has 0 bridgehead atoms. The molecule has 7 nitrogen and oxygen atoms in total. The molecule has 0 aliphatic carbocycles. The third-order valence-corrected chi connectivity index (χ3v) is 3.44. The molecule has 110 valence electrons. The number of rotatable bonds is 3. The van der Waals surface area contributed by atoms with Crippen molar-refractivity contribution in [3.05, 3.63) is 29.6 Å². The number of fused-ring (bicyclic) bond motifs is 1. The Morgan fingerprint density at radius 2 is 2.33 bits per heavy atom. The Bertz CT molecular complexity index is 678. The van der Waals surface area contributed by atoms with Crippen molar-refractivity contribution < 1.29 is 19.7 Å². The van der Waals surface area contributed by atoms with Gasteiger partial charge in [-0.05, 0) is 19.1 Å². The van der Waals surface area contributed by atoms with E-state index in [9.17, 15) is 9.90 Å². The highest BCUT2D eigenvalue weighted by molar-refractivity contribution is 5.97. The molecule has 0 amide bonds. The molecule has 3 heterocycles. The van der Waals surface area contributed by atoms with Crippen LogP contribution in [-0.2, 0) is 13.2 Å². The summed E-state index contributed by atoms with van der Waals surface area (Å²) in [6.45, 7) is 2.37.